The quantitative estimate of drug-likeness (QED) is 0.0957. The Kier molecular flexibility index (Phi) is 7.79. The molecule has 1 aromatic heterocycles. The number of hydrogen-bond donors (Lipinski definition) is 1. The van der Waals surface area contributed by atoms with E-state index in [1.807, 2.05) is 6.92 Å². The first-order valence-electron chi connectivity index (χ1n) is 14.3. The number of aromatic nitrogens is 1. The van der Waals surface area contributed by atoms with Crippen LogP contribution in [0.2, 0.25) is 0 Å². The van der Waals surface area contributed by atoms with Gasteiger partial charge in [0, 0.05) is 12.0 Å². The zero-order valence-electron chi connectivity index (χ0n) is 24.1. The molecule has 222 valence electrons. The number of hydrogen-bond acceptors (Lipinski definition) is 8. The van der Waals surface area contributed by atoms with Crippen LogP contribution in [0.4, 0.5) is 9.52 Å². The lowest BCUT2D eigenvalue weighted by molar-refractivity contribution is -0.132. The number of carbonyl (C=O) groups is 2. The Hall–Kier alpha value is -4.44. The number of amides is 1. The molecule has 3 aromatic carbocycles. The third-order valence-electron chi connectivity index (χ3n) is 7.67. The lowest BCUT2D eigenvalue weighted by Gasteiger charge is -2.24. The maximum atomic E-state index is 14.0. The largest absolute Gasteiger partial charge is 0.507 e. The van der Waals surface area contributed by atoms with Crippen molar-refractivity contribution in [2.24, 2.45) is 0 Å². The summed E-state index contributed by atoms with van der Waals surface area (Å²) in [6.07, 6.45) is 3.65. The Labute approximate surface area is 252 Å². The van der Waals surface area contributed by atoms with Gasteiger partial charge in [-0.3, -0.25) is 14.5 Å². The molecule has 6 rings (SSSR count). The SMILES string of the molecule is CCCCCOc1ccc(C2/C(=C(/O)c3ccc4c(c3)CC(C)O4)C(=O)C(=O)N2c2nc3ccc(F)cc3s2)cc1OC. The van der Waals surface area contributed by atoms with E-state index in [2.05, 4.69) is 11.9 Å². The fraction of sp³-hybridized carbons (Fsp3) is 0.303. The van der Waals surface area contributed by atoms with E-state index in [1.165, 1.54) is 30.2 Å². The number of aliphatic hydroxyl groups excluding tert-OH is 1. The van der Waals surface area contributed by atoms with E-state index >= 15 is 0 Å². The van der Waals surface area contributed by atoms with Gasteiger partial charge in [0.1, 0.15) is 23.4 Å². The van der Waals surface area contributed by atoms with Gasteiger partial charge >= 0.3 is 5.91 Å². The molecular formula is C33H31FN2O6S. The first-order valence-corrected chi connectivity index (χ1v) is 15.1. The average Bonchev–Trinajstić information content (AvgIpc) is 3.66. The third kappa shape index (κ3) is 5.31. The first kappa shape index (κ1) is 28.7. The molecule has 0 bridgehead atoms. The van der Waals surface area contributed by atoms with E-state index in [4.69, 9.17) is 14.2 Å². The highest BCUT2D eigenvalue weighted by atomic mass is 32.1. The Balaban J connectivity index is 1.48. The number of anilines is 1. The van der Waals surface area contributed by atoms with Crippen LogP contribution in [0.1, 0.15) is 55.8 Å². The van der Waals surface area contributed by atoms with E-state index in [0.717, 1.165) is 41.9 Å². The minimum absolute atomic E-state index is 0.00276. The summed E-state index contributed by atoms with van der Waals surface area (Å²) >= 11 is 1.09. The molecule has 1 saturated heterocycles. The molecule has 10 heteroatoms. The monoisotopic (exact) mass is 602 g/mol. The van der Waals surface area contributed by atoms with Crippen LogP contribution in [-0.2, 0) is 16.0 Å². The van der Waals surface area contributed by atoms with Gasteiger partial charge in [-0.05, 0) is 73.0 Å². The number of ether oxygens (including phenoxy) is 3. The van der Waals surface area contributed by atoms with Crippen LogP contribution in [0.15, 0.2) is 60.2 Å². The molecule has 8 nitrogen and oxygen atoms in total. The van der Waals surface area contributed by atoms with E-state index in [9.17, 15) is 19.1 Å². The van der Waals surface area contributed by atoms with Crippen molar-refractivity contribution in [2.75, 3.05) is 18.6 Å². The van der Waals surface area contributed by atoms with Crippen LogP contribution >= 0.6 is 11.3 Å². The van der Waals surface area contributed by atoms with Gasteiger partial charge in [0.2, 0.25) is 0 Å². The van der Waals surface area contributed by atoms with Crippen molar-refractivity contribution in [3.05, 3.63) is 82.7 Å². The Bertz CT molecular complexity index is 1770. The molecule has 2 aliphatic rings. The van der Waals surface area contributed by atoms with Gasteiger partial charge in [0.15, 0.2) is 16.6 Å². The molecule has 0 radical (unpaired) electrons. The molecule has 0 saturated carbocycles. The predicted molar refractivity (Wildman–Crippen MR) is 163 cm³/mol. The molecule has 2 aliphatic heterocycles. The van der Waals surface area contributed by atoms with Crippen LogP contribution < -0.4 is 19.1 Å². The summed E-state index contributed by atoms with van der Waals surface area (Å²) in [5.74, 6) is -0.756. The van der Waals surface area contributed by atoms with Crippen LogP contribution in [0.5, 0.6) is 17.2 Å². The van der Waals surface area contributed by atoms with Crippen molar-refractivity contribution in [1.29, 1.82) is 0 Å². The average molecular weight is 603 g/mol. The number of fused-ring (bicyclic) bond motifs is 2. The molecule has 0 spiro atoms. The van der Waals surface area contributed by atoms with Crippen molar-refractivity contribution in [3.8, 4) is 17.2 Å². The number of halogens is 1. The summed E-state index contributed by atoms with van der Waals surface area (Å²) < 4.78 is 31.9. The summed E-state index contributed by atoms with van der Waals surface area (Å²) in [6.45, 7) is 4.59. The number of Topliss-reactive ketones (excluding diaryl/α,β-unsaturated/α-hetero) is 1. The molecule has 1 N–H and O–H groups in total. The molecule has 43 heavy (non-hydrogen) atoms. The van der Waals surface area contributed by atoms with E-state index in [0.29, 0.717) is 45.9 Å². The van der Waals surface area contributed by atoms with E-state index < -0.39 is 23.5 Å². The molecule has 4 aromatic rings. The molecule has 2 unspecified atom stereocenters. The number of nitrogens with zero attached hydrogens (tertiary/aromatic N) is 2. The number of methoxy groups -OCH3 is 1. The minimum atomic E-state index is -1.03. The fourth-order valence-electron chi connectivity index (χ4n) is 5.57. The highest BCUT2D eigenvalue weighted by Crippen LogP contribution is 2.46. The van der Waals surface area contributed by atoms with Crippen molar-refractivity contribution in [2.45, 2.75) is 51.7 Å². The van der Waals surface area contributed by atoms with Crippen molar-refractivity contribution >= 4 is 44.1 Å². The topological polar surface area (TPSA) is 98.2 Å². The normalized spacial score (nSPS) is 19.1. The van der Waals surface area contributed by atoms with Crippen molar-refractivity contribution in [1.82, 2.24) is 4.98 Å². The molecule has 1 amide bonds. The lowest BCUT2D eigenvalue weighted by atomic mass is 9.94. The van der Waals surface area contributed by atoms with Crippen molar-refractivity contribution in [3.63, 3.8) is 0 Å². The second-order valence-electron chi connectivity index (χ2n) is 10.7. The Morgan fingerprint density at radius 3 is 2.74 bits per heavy atom. The number of carbonyl (C=O) groups excluding carboxylic acids is 2. The molecule has 3 heterocycles. The molecule has 0 aliphatic carbocycles. The van der Waals surface area contributed by atoms with Gasteiger partial charge in [-0.25, -0.2) is 9.37 Å². The summed E-state index contributed by atoms with van der Waals surface area (Å²) in [5, 5.41) is 11.9. The van der Waals surface area contributed by atoms with Gasteiger partial charge in [-0.1, -0.05) is 37.2 Å². The standard InChI is InChI=1S/C33H31FN2O6S/c1-4-5-6-13-41-25-12-7-19(16-26(25)40-3)29-28(30(37)20-8-11-24-21(15-20)14-18(2)42-24)31(38)32(39)36(29)33-35-23-10-9-22(34)17-27(23)43-33/h7-12,15-18,29,37H,4-6,13-14H2,1-3H3/b30-28-. The Morgan fingerprint density at radius 2 is 1.95 bits per heavy atom. The number of thiazole rings is 1. The second-order valence-corrected chi connectivity index (χ2v) is 11.7. The Morgan fingerprint density at radius 1 is 1.12 bits per heavy atom. The minimum Gasteiger partial charge on any atom is -0.507 e. The zero-order valence-corrected chi connectivity index (χ0v) is 24.9. The molecular weight excluding hydrogens is 571 g/mol. The number of benzene rings is 3. The summed E-state index contributed by atoms with van der Waals surface area (Å²) in [6, 6.07) is 13.5. The summed E-state index contributed by atoms with van der Waals surface area (Å²) in [4.78, 5) is 33.2. The smallest absolute Gasteiger partial charge is 0.301 e. The molecule has 2 atom stereocenters. The van der Waals surface area contributed by atoms with Gasteiger partial charge in [0.05, 0.1) is 35.5 Å². The van der Waals surface area contributed by atoms with Crippen LogP contribution in [0, 0.1) is 5.82 Å². The van der Waals surface area contributed by atoms with Gasteiger partial charge in [-0.2, -0.15) is 0 Å². The van der Waals surface area contributed by atoms with Gasteiger partial charge in [0.25, 0.3) is 5.78 Å². The van der Waals surface area contributed by atoms with E-state index in [-0.39, 0.29) is 22.6 Å². The van der Waals surface area contributed by atoms with Crippen molar-refractivity contribution < 1.29 is 33.3 Å². The van der Waals surface area contributed by atoms with Gasteiger partial charge < -0.3 is 19.3 Å². The number of aliphatic hydroxyl groups is 1. The summed E-state index contributed by atoms with van der Waals surface area (Å²) in [7, 11) is 1.52. The first-order chi connectivity index (χ1) is 20.8. The zero-order chi connectivity index (χ0) is 30.2. The summed E-state index contributed by atoms with van der Waals surface area (Å²) in [5.41, 5.74) is 2.22. The highest BCUT2D eigenvalue weighted by Gasteiger charge is 2.48. The lowest BCUT2D eigenvalue weighted by Crippen LogP contribution is -2.29. The predicted octanol–water partition coefficient (Wildman–Crippen LogP) is 6.96. The fourth-order valence-corrected chi connectivity index (χ4v) is 6.58. The number of unbranched alkanes of at least 4 members (excludes halogenated alkanes) is 2. The van der Waals surface area contributed by atoms with E-state index in [1.54, 1.807) is 36.4 Å². The van der Waals surface area contributed by atoms with Crippen LogP contribution in [0.25, 0.3) is 16.0 Å². The number of rotatable bonds is 9. The van der Waals surface area contributed by atoms with Crippen LogP contribution in [-0.4, -0.2) is 41.6 Å². The number of ketones is 1. The maximum absolute atomic E-state index is 14.0. The van der Waals surface area contributed by atoms with Gasteiger partial charge in [-0.15, -0.1) is 0 Å². The third-order valence-corrected chi connectivity index (χ3v) is 8.69. The van der Waals surface area contributed by atoms with Crippen LogP contribution in [0.3, 0.4) is 0 Å². The second kappa shape index (κ2) is 11.7. The highest BCUT2D eigenvalue weighted by molar-refractivity contribution is 7.22. The maximum Gasteiger partial charge on any atom is 0.301 e. The molecule has 1 fully saturated rings.